The topological polar surface area (TPSA) is 79.5 Å². The molecule has 2 N–H and O–H groups in total. The van der Waals surface area contributed by atoms with Crippen molar-refractivity contribution in [1.82, 2.24) is 5.32 Å². The molecule has 220 valence electrons. The lowest BCUT2D eigenvalue weighted by molar-refractivity contribution is -0.889. The lowest BCUT2D eigenvalue weighted by Crippen LogP contribution is -2.46. The molecule has 7 heteroatoms. The standard InChI is InChI=1S/C32H51ClN2O4/c1-4-5-6-7-8-9-10-11-12-13-14-15-16-17-18-19-21-35(2,3)22-20-34-31(37)27-23-26-24-28(33)29(36)25-30(26)39-32(27)38/h23-25H,4-22H2,1-3H3,(H-,34,36,37,38)/p+1. The molecule has 0 aliphatic carbocycles. The van der Waals surface area contributed by atoms with Crippen LogP contribution in [0.25, 0.3) is 11.0 Å². The number of unbranched alkanes of at least 4 members (excludes halogenated alkanes) is 15. The fourth-order valence-corrected chi connectivity index (χ4v) is 5.23. The van der Waals surface area contributed by atoms with E-state index in [4.69, 9.17) is 16.0 Å². The maximum absolute atomic E-state index is 12.6. The third-order valence-electron chi connectivity index (χ3n) is 7.67. The Morgan fingerprint density at radius 1 is 0.821 bits per heavy atom. The van der Waals surface area contributed by atoms with E-state index in [1.807, 2.05) is 0 Å². The number of hydrogen-bond acceptors (Lipinski definition) is 4. The van der Waals surface area contributed by atoms with E-state index in [0.29, 0.717) is 11.9 Å². The molecule has 2 aromatic rings. The molecule has 0 atom stereocenters. The third-order valence-corrected chi connectivity index (χ3v) is 7.97. The molecule has 0 bridgehead atoms. The van der Waals surface area contributed by atoms with E-state index in [-0.39, 0.29) is 21.9 Å². The number of aromatic hydroxyl groups is 1. The Morgan fingerprint density at radius 2 is 1.33 bits per heavy atom. The molecule has 0 radical (unpaired) electrons. The van der Waals surface area contributed by atoms with E-state index in [0.717, 1.165) is 17.6 Å². The van der Waals surface area contributed by atoms with E-state index >= 15 is 0 Å². The lowest BCUT2D eigenvalue weighted by atomic mass is 10.0. The van der Waals surface area contributed by atoms with E-state index < -0.39 is 11.5 Å². The fourth-order valence-electron chi connectivity index (χ4n) is 5.05. The number of phenolic OH excluding ortho intramolecular Hbond substituents is 1. The molecule has 0 fully saturated rings. The van der Waals surface area contributed by atoms with Crippen LogP contribution >= 0.6 is 11.6 Å². The number of carbonyl (C=O) groups is 1. The van der Waals surface area contributed by atoms with Crippen molar-refractivity contribution in [2.75, 3.05) is 33.7 Å². The Morgan fingerprint density at radius 3 is 1.87 bits per heavy atom. The van der Waals surface area contributed by atoms with Crippen molar-refractivity contribution in [3.63, 3.8) is 0 Å². The van der Waals surface area contributed by atoms with Gasteiger partial charge < -0.3 is 19.3 Å². The second kappa shape index (κ2) is 18.3. The van der Waals surface area contributed by atoms with Gasteiger partial charge in [0, 0.05) is 11.5 Å². The summed E-state index contributed by atoms with van der Waals surface area (Å²) in [5.74, 6) is -0.633. The number of hydrogen-bond donors (Lipinski definition) is 2. The van der Waals surface area contributed by atoms with Crippen LogP contribution in [-0.2, 0) is 0 Å². The summed E-state index contributed by atoms with van der Waals surface area (Å²) in [5, 5.41) is 13.2. The van der Waals surface area contributed by atoms with Gasteiger partial charge >= 0.3 is 5.63 Å². The number of rotatable bonds is 21. The summed E-state index contributed by atoms with van der Waals surface area (Å²) in [4.78, 5) is 24.9. The maximum Gasteiger partial charge on any atom is 0.349 e. The van der Waals surface area contributed by atoms with Gasteiger partial charge in [-0.15, -0.1) is 0 Å². The fraction of sp³-hybridized carbons (Fsp3) is 0.688. The van der Waals surface area contributed by atoms with Gasteiger partial charge in [-0.1, -0.05) is 108 Å². The van der Waals surface area contributed by atoms with Gasteiger partial charge in [0.1, 0.15) is 16.9 Å². The molecule has 0 saturated carbocycles. The summed E-state index contributed by atoms with van der Waals surface area (Å²) >= 11 is 5.94. The van der Waals surface area contributed by atoms with Crippen LogP contribution in [0.1, 0.15) is 120 Å². The Balaban J connectivity index is 1.51. The highest BCUT2D eigenvalue weighted by atomic mass is 35.5. The molecule has 0 spiro atoms. The quantitative estimate of drug-likeness (QED) is 0.0910. The first-order valence-corrected chi connectivity index (χ1v) is 15.7. The number of nitrogens with zero attached hydrogens (tertiary/aromatic N) is 1. The Kier molecular flexibility index (Phi) is 15.6. The monoisotopic (exact) mass is 563 g/mol. The highest BCUT2D eigenvalue weighted by molar-refractivity contribution is 6.32. The zero-order valence-electron chi connectivity index (χ0n) is 24.7. The van der Waals surface area contributed by atoms with E-state index in [1.165, 1.54) is 121 Å². The van der Waals surface area contributed by atoms with Crippen LogP contribution in [0.3, 0.4) is 0 Å². The predicted octanol–water partition coefficient (Wildman–Crippen LogP) is 8.22. The number of benzene rings is 1. The van der Waals surface area contributed by atoms with Gasteiger partial charge in [-0.2, -0.15) is 0 Å². The van der Waals surface area contributed by atoms with Crippen LogP contribution in [0.2, 0.25) is 5.02 Å². The largest absolute Gasteiger partial charge is 0.506 e. The highest BCUT2D eigenvalue weighted by Gasteiger charge is 2.18. The van der Waals surface area contributed by atoms with Crippen LogP contribution in [-0.4, -0.2) is 49.2 Å². The van der Waals surface area contributed by atoms with Gasteiger partial charge in [-0.05, 0) is 25.0 Å². The second-order valence-electron chi connectivity index (χ2n) is 11.7. The van der Waals surface area contributed by atoms with E-state index in [1.54, 1.807) is 0 Å². The summed E-state index contributed by atoms with van der Waals surface area (Å²) in [6, 6.07) is 4.21. The maximum atomic E-state index is 12.6. The number of amides is 1. The van der Waals surface area contributed by atoms with Crippen LogP contribution in [0, 0.1) is 0 Å². The van der Waals surface area contributed by atoms with E-state index in [2.05, 4.69) is 26.3 Å². The molecule has 39 heavy (non-hydrogen) atoms. The minimum Gasteiger partial charge on any atom is -0.506 e. The number of phenols is 1. The summed E-state index contributed by atoms with van der Waals surface area (Å²) in [7, 11) is 4.35. The van der Waals surface area contributed by atoms with Gasteiger partial charge in [0.05, 0.1) is 38.8 Å². The Labute approximate surface area is 240 Å². The smallest absolute Gasteiger partial charge is 0.349 e. The van der Waals surface area contributed by atoms with Gasteiger partial charge in [0.15, 0.2) is 0 Å². The number of fused-ring (bicyclic) bond motifs is 1. The summed E-state index contributed by atoms with van der Waals surface area (Å²) in [6.07, 6.45) is 21.9. The van der Waals surface area contributed by atoms with E-state index in [9.17, 15) is 14.7 Å². The van der Waals surface area contributed by atoms with Crippen molar-refractivity contribution in [3.8, 4) is 5.75 Å². The Hall–Kier alpha value is -2.05. The lowest BCUT2D eigenvalue weighted by Gasteiger charge is -2.30. The first kappa shape index (κ1) is 33.2. The molecule has 1 amide bonds. The second-order valence-corrected chi connectivity index (χ2v) is 12.1. The molecule has 6 nitrogen and oxygen atoms in total. The molecular weight excluding hydrogens is 512 g/mol. The predicted molar refractivity (Wildman–Crippen MR) is 163 cm³/mol. The zero-order valence-corrected chi connectivity index (χ0v) is 25.4. The van der Waals surface area contributed by atoms with Crippen LogP contribution in [0.5, 0.6) is 5.75 Å². The molecule has 2 rings (SSSR count). The third kappa shape index (κ3) is 13.2. The van der Waals surface area contributed by atoms with Crippen molar-refractivity contribution in [2.24, 2.45) is 0 Å². The van der Waals surface area contributed by atoms with Crippen molar-refractivity contribution in [2.45, 2.75) is 110 Å². The number of carbonyl (C=O) groups excluding carboxylic acids is 1. The number of quaternary nitrogens is 1. The van der Waals surface area contributed by atoms with Crippen molar-refractivity contribution >= 4 is 28.5 Å². The minimum atomic E-state index is -0.733. The average Bonchev–Trinajstić information content (AvgIpc) is 2.89. The summed E-state index contributed by atoms with van der Waals surface area (Å²) in [5.41, 5.74) is -0.606. The first-order valence-electron chi connectivity index (χ1n) is 15.3. The average molecular weight is 564 g/mol. The molecule has 0 aliphatic heterocycles. The minimum absolute atomic E-state index is 0.0626. The molecule has 0 saturated heterocycles. The molecule has 1 heterocycles. The molecular formula is C32H52ClN2O4+. The molecule has 1 aromatic heterocycles. The highest BCUT2D eigenvalue weighted by Crippen LogP contribution is 2.28. The van der Waals surface area contributed by atoms with Crippen LogP contribution in [0.4, 0.5) is 0 Å². The van der Waals surface area contributed by atoms with Crippen molar-refractivity contribution in [1.29, 1.82) is 0 Å². The van der Waals surface area contributed by atoms with Gasteiger partial charge in [-0.3, -0.25) is 4.79 Å². The number of nitrogens with one attached hydrogen (secondary N) is 1. The number of likely N-dealkylation sites (N-methyl/N-ethyl adjacent to an activating group) is 1. The molecule has 0 unspecified atom stereocenters. The van der Waals surface area contributed by atoms with Gasteiger partial charge in [0.2, 0.25) is 0 Å². The van der Waals surface area contributed by atoms with Crippen LogP contribution < -0.4 is 10.9 Å². The Bertz CT molecular complexity index is 1050. The first-order chi connectivity index (χ1) is 18.7. The SMILES string of the molecule is CCCCCCCCCCCCCCCCCC[N+](C)(C)CCNC(=O)c1cc2cc(Cl)c(O)cc2oc1=O. The summed E-state index contributed by atoms with van der Waals surface area (Å²) in [6.45, 7) is 4.59. The van der Waals surface area contributed by atoms with Crippen molar-refractivity contribution < 1.29 is 18.8 Å². The van der Waals surface area contributed by atoms with Crippen LogP contribution in [0.15, 0.2) is 27.4 Å². The normalized spacial score (nSPS) is 11.8. The molecule has 0 aliphatic rings. The van der Waals surface area contributed by atoms with Gasteiger partial charge in [0.25, 0.3) is 5.91 Å². The summed E-state index contributed by atoms with van der Waals surface area (Å²) < 4.78 is 6.02. The number of halogens is 1. The molecule has 1 aromatic carbocycles. The zero-order chi connectivity index (χ0) is 28.5. The van der Waals surface area contributed by atoms with Crippen molar-refractivity contribution in [3.05, 3.63) is 39.2 Å². The van der Waals surface area contributed by atoms with Gasteiger partial charge in [-0.25, -0.2) is 4.79 Å².